The molecule has 0 N–H and O–H groups in total. The Morgan fingerprint density at radius 1 is 1.41 bits per heavy atom. The van der Waals surface area contributed by atoms with Crippen LogP contribution in [0.5, 0.6) is 0 Å². The first-order valence-electron chi connectivity index (χ1n) is 4.99. The van der Waals surface area contributed by atoms with E-state index in [1.165, 1.54) is 6.92 Å². The van der Waals surface area contributed by atoms with Gasteiger partial charge in [-0.3, -0.25) is 14.6 Å². The second kappa shape index (κ2) is 6.42. The molecule has 1 aromatic heterocycles. The first-order chi connectivity index (χ1) is 8.11. The van der Waals surface area contributed by atoms with E-state index in [0.29, 0.717) is 11.4 Å². The second-order valence-corrected chi connectivity index (χ2v) is 3.20. The van der Waals surface area contributed by atoms with E-state index in [9.17, 15) is 9.59 Å². The summed E-state index contributed by atoms with van der Waals surface area (Å²) in [5.41, 5.74) is 1.27. The molecular weight excluding hydrogens is 222 g/mol. The number of esters is 2. The van der Waals surface area contributed by atoms with E-state index in [1.54, 1.807) is 24.3 Å². The third-order valence-corrected chi connectivity index (χ3v) is 1.85. The van der Waals surface area contributed by atoms with Gasteiger partial charge in [0.05, 0.1) is 17.8 Å². The van der Waals surface area contributed by atoms with Gasteiger partial charge in [0.25, 0.3) is 0 Å². The van der Waals surface area contributed by atoms with E-state index >= 15 is 0 Å². The highest BCUT2D eigenvalue weighted by atomic mass is 16.7. The van der Waals surface area contributed by atoms with Gasteiger partial charge in [-0.15, -0.1) is 0 Å². The van der Waals surface area contributed by atoms with Gasteiger partial charge in [-0.25, -0.2) is 0 Å². The molecule has 0 radical (unpaired) electrons. The molecule has 0 aromatic carbocycles. The molecule has 0 amide bonds. The number of hydrogen-bond donors (Lipinski definition) is 0. The molecule has 0 bridgehead atoms. The van der Waals surface area contributed by atoms with Crippen molar-refractivity contribution in [3.8, 4) is 0 Å². The molecule has 0 spiro atoms. The second-order valence-electron chi connectivity index (χ2n) is 3.20. The third kappa shape index (κ3) is 4.92. The van der Waals surface area contributed by atoms with Crippen LogP contribution in [0, 0.1) is 0 Å². The molecular formula is C12H13NO4. The Hall–Kier alpha value is -2.17. The molecule has 17 heavy (non-hydrogen) atoms. The highest BCUT2D eigenvalue weighted by molar-refractivity contribution is 5.72. The molecule has 0 unspecified atom stereocenters. The lowest BCUT2D eigenvalue weighted by atomic mass is 10.2. The standard InChI is InChI=1S/C12H13NO4/c1-3-10-5-4-6-11(13-10)7-12(15)17-8-16-9(2)14/h3-6H,1,7-8H2,2H3. The van der Waals surface area contributed by atoms with Crippen LogP contribution in [0.4, 0.5) is 0 Å². The molecule has 90 valence electrons. The minimum Gasteiger partial charge on any atom is -0.428 e. The van der Waals surface area contributed by atoms with Crippen molar-refractivity contribution in [1.82, 2.24) is 4.98 Å². The first-order valence-corrected chi connectivity index (χ1v) is 4.99. The molecule has 0 fully saturated rings. The number of ether oxygens (including phenoxy) is 2. The number of carbonyl (C=O) groups excluding carboxylic acids is 2. The van der Waals surface area contributed by atoms with E-state index in [1.807, 2.05) is 0 Å². The lowest BCUT2D eigenvalue weighted by molar-refractivity contribution is -0.165. The van der Waals surface area contributed by atoms with Crippen molar-refractivity contribution in [3.63, 3.8) is 0 Å². The Morgan fingerprint density at radius 3 is 2.82 bits per heavy atom. The molecule has 0 saturated heterocycles. The lowest BCUT2D eigenvalue weighted by Crippen LogP contribution is -2.13. The van der Waals surface area contributed by atoms with Crippen molar-refractivity contribution >= 4 is 18.0 Å². The van der Waals surface area contributed by atoms with E-state index in [0.717, 1.165) is 0 Å². The number of aromatic nitrogens is 1. The minimum atomic E-state index is -0.500. The number of hydrogen-bond acceptors (Lipinski definition) is 5. The summed E-state index contributed by atoms with van der Waals surface area (Å²) >= 11 is 0. The van der Waals surface area contributed by atoms with Gasteiger partial charge in [-0.2, -0.15) is 0 Å². The Balaban J connectivity index is 2.44. The van der Waals surface area contributed by atoms with E-state index in [-0.39, 0.29) is 13.2 Å². The van der Waals surface area contributed by atoms with Gasteiger partial charge in [0.2, 0.25) is 6.79 Å². The molecule has 1 rings (SSSR count). The smallest absolute Gasteiger partial charge is 0.314 e. The van der Waals surface area contributed by atoms with Crippen molar-refractivity contribution in [2.24, 2.45) is 0 Å². The largest absolute Gasteiger partial charge is 0.428 e. The van der Waals surface area contributed by atoms with Crippen molar-refractivity contribution in [2.45, 2.75) is 13.3 Å². The van der Waals surface area contributed by atoms with Gasteiger partial charge >= 0.3 is 11.9 Å². The summed E-state index contributed by atoms with van der Waals surface area (Å²) in [6.45, 7) is 4.46. The number of nitrogens with zero attached hydrogens (tertiary/aromatic N) is 1. The molecule has 0 saturated carbocycles. The van der Waals surface area contributed by atoms with Gasteiger partial charge < -0.3 is 9.47 Å². The van der Waals surface area contributed by atoms with Gasteiger partial charge in [-0.1, -0.05) is 12.6 Å². The summed E-state index contributed by atoms with van der Waals surface area (Å²) in [7, 11) is 0. The summed E-state index contributed by atoms with van der Waals surface area (Å²) in [4.78, 5) is 25.9. The zero-order chi connectivity index (χ0) is 12.7. The van der Waals surface area contributed by atoms with Crippen LogP contribution in [0.25, 0.3) is 6.08 Å². The van der Waals surface area contributed by atoms with Crippen LogP contribution in [0.3, 0.4) is 0 Å². The summed E-state index contributed by atoms with van der Waals surface area (Å²) < 4.78 is 9.16. The maximum atomic E-state index is 11.3. The molecule has 5 nitrogen and oxygen atoms in total. The highest BCUT2D eigenvalue weighted by Gasteiger charge is 2.06. The fourth-order valence-electron chi connectivity index (χ4n) is 1.09. The Kier molecular flexibility index (Phi) is 4.87. The summed E-state index contributed by atoms with van der Waals surface area (Å²) in [5, 5.41) is 0. The molecule has 0 atom stereocenters. The van der Waals surface area contributed by atoms with E-state index in [4.69, 9.17) is 0 Å². The molecule has 1 aromatic rings. The average Bonchev–Trinajstić information content (AvgIpc) is 2.28. The average molecular weight is 235 g/mol. The zero-order valence-corrected chi connectivity index (χ0v) is 9.51. The number of carbonyl (C=O) groups is 2. The SMILES string of the molecule is C=Cc1cccc(CC(=O)OCOC(C)=O)n1. The van der Waals surface area contributed by atoms with Crippen LogP contribution < -0.4 is 0 Å². The van der Waals surface area contributed by atoms with Crippen molar-refractivity contribution in [3.05, 3.63) is 36.2 Å². The molecule has 5 heteroatoms. The molecule has 0 aliphatic carbocycles. The molecule has 0 aliphatic rings. The monoisotopic (exact) mass is 235 g/mol. The predicted molar refractivity (Wildman–Crippen MR) is 60.8 cm³/mol. The van der Waals surface area contributed by atoms with Gasteiger partial charge in [0.15, 0.2) is 0 Å². The van der Waals surface area contributed by atoms with Crippen molar-refractivity contribution in [2.75, 3.05) is 6.79 Å². The van der Waals surface area contributed by atoms with Crippen LogP contribution in [0.1, 0.15) is 18.3 Å². The topological polar surface area (TPSA) is 65.5 Å². The number of pyridine rings is 1. The molecule has 0 aliphatic heterocycles. The summed E-state index contributed by atoms with van der Waals surface area (Å²) in [5.74, 6) is -0.996. The lowest BCUT2D eigenvalue weighted by Gasteiger charge is -2.04. The van der Waals surface area contributed by atoms with Crippen molar-refractivity contribution < 1.29 is 19.1 Å². The predicted octanol–water partition coefficient (Wildman–Crippen LogP) is 1.33. The fraction of sp³-hybridized carbons (Fsp3) is 0.250. The first kappa shape index (κ1) is 12.9. The summed E-state index contributed by atoms with van der Waals surface area (Å²) in [6, 6.07) is 5.26. The highest BCUT2D eigenvalue weighted by Crippen LogP contribution is 2.02. The fourth-order valence-corrected chi connectivity index (χ4v) is 1.09. The Bertz CT molecular complexity index is 428. The van der Waals surface area contributed by atoms with Crippen LogP contribution in [0.15, 0.2) is 24.8 Å². The van der Waals surface area contributed by atoms with Crippen LogP contribution >= 0.6 is 0 Å². The van der Waals surface area contributed by atoms with Crippen LogP contribution in [0.2, 0.25) is 0 Å². The van der Waals surface area contributed by atoms with Gasteiger partial charge in [0, 0.05) is 6.92 Å². The maximum Gasteiger partial charge on any atom is 0.314 e. The van der Waals surface area contributed by atoms with Crippen LogP contribution in [-0.4, -0.2) is 23.7 Å². The Labute approximate surface area is 99.1 Å². The zero-order valence-electron chi connectivity index (χ0n) is 9.51. The van der Waals surface area contributed by atoms with Crippen molar-refractivity contribution in [1.29, 1.82) is 0 Å². The third-order valence-electron chi connectivity index (χ3n) is 1.85. The summed E-state index contributed by atoms with van der Waals surface area (Å²) in [6.07, 6.45) is 1.62. The van der Waals surface area contributed by atoms with Gasteiger partial charge in [0.1, 0.15) is 0 Å². The Morgan fingerprint density at radius 2 is 2.18 bits per heavy atom. The van der Waals surface area contributed by atoms with E-state index < -0.39 is 11.9 Å². The normalized spacial score (nSPS) is 9.47. The maximum absolute atomic E-state index is 11.3. The molecule has 1 heterocycles. The quantitative estimate of drug-likeness (QED) is 0.569. The van der Waals surface area contributed by atoms with E-state index in [2.05, 4.69) is 21.0 Å². The minimum absolute atomic E-state index is 0.0307. The van der Waals surface area contributed by atoms with Gasteiger partial charge in [-0.05, 0) is 18.2 Å². The number of rotatable bonds is 5. The van der Waals surface area contributed by atoms with Crippen LogP contribution in [-0.2, 0) is 25.5 Å².